The zero-order valence-electron chi connectivity index (χ0n) is 11.0. The Morgan fingerprint density at radius 2 is 1.85 bits per heavy atom. The summed E-state index contributed by atoms with van der Waals surface area (Å²) in [5.41, 5.74) is -1.64. The van der Waals surface area contributed by atoms with Crippen LogP contribution in [-0.2, 0) is 16.2 Å². The first kappa shape index (κ1) is 14.4. The molecule has 1 aromatic carbocycles. The van der Waals surface area contributed by atoms with Gasteiger partial charge in [-0.3, -0.25) is 14.9 Å². The van der Waals surface area contributed by atoms with Crippen molar-refractivity contribution in [2.24, 2.45) is 0 Å². The van der Waals surface area contributed by atoms with Crippen LogP contribution in [-0.4, -0.2) is 29.0 Å². The van der Waals surface area contributed by atoms with Crippen molar-refractivity contribution in [3.63, 3.8) is 0 Å². The van der Waals surface area contributed by atoms with E-state index < -0.39 is 41.3 Å². The van der Waals surface area contributed by atoms with E-state index in [0.717, 1.165) is 17.0 Å². The van der Waals surface area contributed by atoms with E-state index in [1.54, 1.807) is 0 Å². The Balaban J connectivity index is 2.54. The van der Waals surface area contributed by atoms with E-state index in [2.05, 4.69) is 5.32 Å². The molecule has 0 unspecified atom stereocenters. The highest BCUT2D eigenvalue weighted by molar-refractivity contribution is 6.06. The van der Waals surface area contributed by atoms with Gasteiger partial charge in [0.1, 0.15) is 22.9 Å². The van der Waals surface area contributed by atoms with Gasteiger partial charge in [0.2, 0.25) is 5.91 Å². The smallest absolute Gasteiger partial charge is 0.251 e. The average molecular weight is 284 g/mol. The van der Waals surface area contributed by atoms with Crippen molar-refractivity contribution in [2.45, 2.75) is 26.0 Å². The minimum atomic E-state index is -1.27. The third kappa shape index (κ3) is 2.24. The lowest BCUT2D eigenvalue weighted by molar-refractivity contribution is -0.135. The number of nitrogens with zero attached hydrogens (tertiary/aromatic N) is 1. The van der Waals surface area contributed by atoms with Crippen LogP contribution in [0.3, 0.4) is 0 Å². The number of carbonyl (C=O) groups is 2. The molecule has 20 heavy (non-hydrogen) atoms. The van der Waals surface area contributed by atoms with Gasteiger partial charge in [-0.05, 0) is 31.5 Å². The number of hydrogen-bond donors (Lipinski definition) is 2. The number of aliphatic hydroxyl groups excluding tert-OH is 1. The molecule has 0 aromatic heterocycles. The highest BCUT2D eigenvalue weighted by atomic mass is 19.1. The standard InChI is InChI=1S/C13H14F2N2O3/c1-13(2)12(20)16-10(19)5-17(13)11-8(14)3-7(6-18)4-9(11)15/h3-4,18H,5-6H2,1-2H3,(H,16,19,20). The van der Waals surface area contributed by atoms with Crippen LogP contribution >= 0.6 is 0 Å². The number of nitrogens with one attached hydrogen (secondary N) is 1. The second kappa shape index (κ2) is 4.82. The summed E-state index contributed by atoms with van der Waals surface area (Å²) in [7, 11) is 0. The number of rotatable bonds is 2. The van der Waals surface area contributed by atoms with Crippen LogP contribution in [0.1, 0.15) is 19.4 Å². The highest BCUT2D eigenvalue weighted by Crippen LogP contribution is 2.32. The molecule has 0 saturated carbocycles. The molecule has 0 atom stereocenters. The molecule has 2 N–H and O–H groups in total. The van der Waals surface area contributed by atoms with Crippen LogP contribution in [0.25, 0.3) is 0 Å². The van der Waals surface area contributed by atoms with E-state index >= 15 is 0 Å². The Labute approximate surface area is 114 Å². The van der Waals surface area contributed by atoms with E-state index in [-0.39, 0.29) is 12.1 Å². The molecule has 7 heteroatoms. The molecule has 0 spiro atoms. The second-order valence-corrected chi connectivity index (χ2v) is 5.09. The Bertz CT molecular complexity index is 564. The van der Waals surface area contributed by atoms with Gasteiger partial charge in [0.15, 0.2) is 0 Å². The van der Waals surface area contributed by atoms with Crippen LogP contribution in [0, 0.1) is 11.6 Å². The normalized spacial score (nSPS) is 18.1. The largest absolute Gasteiger partial charge is 0.392 e. The second-order valence-electron chi connectivity index (χ2n) is 5.09. The average Bonchev–Trinajstić information content (AvgIpc) is 2.34. The van der Waals surface area contributed by atoms with E-state index in [1.165, 1.54) is 13.8 Å². The molecule has 5 nitrogen and oxygen atoms in total. The number of amides is 2. The summed E-state index contributed by atoms with van der Waals surface area (Å²) >= 11 is 0. The van der Waals surface area contributed by atoms with Crippen molar-refractivity contribution in [3.8, 4) is 0 Å². The number of benzene rings is 1. The first-order valence-corrected chi connectivity index (χ1v) is 5.98. The SMILES string of the molecule is CC1(C)C(=O)NC(=O)CN1c1c(F)cc(CO)cc1F. The van der Waals surface area contributed by atoms with Crippen molar-refractivity contribution in [2.75, 3.05) is 11.4 Å². The lowest BCUT2D eigenvalue weighted by Crippen LogP contribution is -2.64. The van der Waals surface area contributed by atoms with Crippen LogP contribution in [0.4, 0.5) is 14.5 Å². The molecule has 1 aliphatic heterocycles. The molecule has 0 radical (unpaired) electrons. The highest BCUT2D eigenvalue weighted by Gasteiger charge is 2.43. The van der Waals surface area contributed by atoms with Crippen LogP contribution in [0.5, 0.6) is 0 Å². The van der Waals surface area contributed by atoms with Gasteiger partial charge in [-0.25, -0.2) is 8.78 Å². The van der Waals surface area contributed by atoms with Gasteiger partial charge in [-0.1, -0.05) is 0 Å². The van der Waals surface area contributed by atoms with E-state index in [0.29, 0.717) is 0 Å². The lowest BCUT2D eigenvalue weighted by Gasteiger charge is -2.41. The molecule has 1 aliphatic rings. The monoisotopic (exact) mass is 284 g/mol. The van der Waals surface area contributed by atoms with Gasteiger partial charge in [-0.2, -0.15) is 0 Å². The van der Waals surface area contributed by atoms with Crippen molar-refractivity contribution in [1.29, 1.82) is 0 Å². The van der Waals surface area contributed by atoms with Crippen LogP contribution in [0.15, 0.2) is 12.1 Å². The quantitative estimate of drug-likeness (QED) is 0.784. The summed E-state index contributed by atoms with van der Waals surface area (Å²) in [6.45, 7) is 2.10. The molecule has 0 aliphatic carbocycles. The topological polar surface area (TPSA) is 69.6 Å². The summed E-state index contributed by atoms with van der Waals surface area (Å²) < 4.78 is 28.1. The molecule has 1 heterocycles. The predicted octanol–water partition coefficient (Wildman–Crippen LogP) is 0.698. The maximum absolute atomic E-state index is 14.0. The number of hydrogen-bond acceptors (Lipinski definition) is 4. The molecule has 108 valence electrons. The van der Waals surface area contributed by atoms with Crippen LogP contribution in [0.2, 0.25) is 0 Å². The fourth-order valence-electron chi connectivity index (χ4n) is 2.11. The van der Waals surface area contributed by atoms with Gasteiger partial charge in [0.05, 0.1) is 13.2 Å². The molecule has 1 saturated heterocycles. The van der Waals surface area contributed by atoms with Crippen molar-refractivity contribution >= 4 is 17.5 Å². The molecule has 0 bridgehead atoms. The van der Waals surface area contributed by atoms with Crippen LogP contribution < -0.4 is 10.2 Å². The molecule has 2 amide bonds. The molecular formula is C13H14F2N2O3. The number of piperazine rings is 1. The van der Waals surface area contributed by atoms with Crippen molar-refractivity contribution in [3.05, 3.63) is 29.3 Å². The molecular weight excluding hydrogens is 270 g/mol. The fourth-order valence-corrected chi connectivity index (χ4v) is 2.11. The number of imide groups is 1. The summed E-state index contributed by atoms with van der Waals surface area (Å²) in [5, 5.41) is 11.0. The summed E-state index contributed by atoms with van der Waals surface area (Å²) in [6.07, 6.45) is 0. The van der Waals surface area contributed by atoms with Crippen molar-refractivity contribution in [1.82, 2.24) is 5.32 Å². The van der Waals surface area contributed by atoms with E-state index in [9.17, 15) is 18.4 Å². The minimum absolute atomic E-state index is 0.0781. The molecule has 1 aromatic rings. The third-order valence-electron chi connectivity index (χ3n) is 3.31. The summed E-state index contributed by atoms with van der Waals surface area (Å²) in [5.74, 6) is -3.10. The predicted molar refractivity (Wildman–Crippen MR) is 66.9 cm³/mol. The zero-order chi connectivity index (χ0) is 15.1. The summed E-state index contributed by atoms with van der Waals surface area (Å²) in [6, 6.07) is 1.96. The Kier molecular flexibility index (Phi) is 3.47. The van der Waals surface area contributed by atoms with Gasteiger partial charge >= 0.3 is 0 Å². The molecule has 1 fully saturated rings. The number of carbonyl (C=O) groups excluding carboxylic acids is 2. The Hall–Kier alpha value is -2.02. The maximum atomic E-state index is 14.0. The van der Waals surface area contributed by atoms with E-state index in [4.69, 9.17) is 5.11 Å². The number of anilines is 1. The fraction of sp³-hybridized carbons (Fsp3) is 0.385. The third-order valence-corrected chi connectivity index (χ3v) is 3.31. The summed E-state index contributed by atoms with van der Waals surface area (Å²) in [4.78, 5) is 24.3. The minimum Gasteiger partial charge on any atom is -0.392 e. The van der Waals surface area contributed by atoms with Gasteiger partial charge in [0.25, 0.3) is 5.91 Å². The van der Waals surface area contributed by atoms with E-state index in [1.807, 2.05) is 0 Å². The maximum Gasteiger partial charge on any atom is 0.251 e. The van der Waals surface area contributed by atoms with Gasteiger partial charge in [0, 0.05) is 0 Å². The van der Waals surface area contributed by atoms with Gasteiger partial charge in [-0.15, -0.1) is 0 Å². The first-order valence-electron chi connectivity index (χ1n) is 5.98. The number of aliphatic hydroxyl groups is 1. The van der Waals surface area contributed by atoms with Crippen molar-refractivity contribution < 1.29 is 23.5 Å². The molecule has 2 rings (SSSR count). The first-order chi connectivity index (χ1) is 9.27. The number of halogens is 2. The Morgan fingerprint density at radius 1 is 1.30 bits per heavy atom. The Morgan fingerprint density at radius 3 is 2.35 bits per heavy atom. The zero-order valence-corrected chi connectivity index (χ0v) is 11.0. The van der Waals surface area contributed by atoms with Gasteiger partial charge < -0.3 is 10.0 Å². The lowest BCUT2D eigenvalue weighted by atomic mass is 9.97.